The van der Waals surface area contributed by atoms with Crippen LogP contribution in [0.2, 0.25) is 0 Å². The Morgan fingerprint density at radius 1 is 0.382 bits per heavy atom. The standard InChI is InChI=1S/C14H14.C12H12N2.C9H9NS.C6H8N2.C5H7N3/c1-11-3-7-13(8-4-11)14-9-5-12(2)6-10-14;1-9-3-5-11(6-4-9)12-13-7-10(2)8-14-12;1-6-3-4-8-9(5-6)11-7(2)10-8;1-5-3-7-6(2)8-4-5;1-4-3-6-5(2)8-7-4/h3-10H,1-2H3;3-8H,1-2H3;3-5H,1-2H3;3-4H,1-2H3;3H,1-2H3. The van der Waals surface area contributed by atoms with Gasteiger partial charge in [-0.05, 0) is 109 Å². The van der Waals surface area contributed by atoms with Crippen LogP contribution in [0, 0.1) is 69.2 Å². The van der Waals surface area contributed by atoms with Crippen LogP contribution in [0.3, 0.4) is 0 Å². The van der Waals surface area contributed by atoms with Crippen molar-refractivity contribution in [1.82, 2.24) is 40.1 Å². The molecular weight excluding hydrogens is 697 g/mol. The van der Waals surface area contributed by atoms with E-state index in [1.165, 1.54) is 38.1 Å². The average Bonchev–Trinajstić information content (AvgIpc) is 3.55. The number of fused-ring (bicyclic) bond motifs is 1. The molecule has 0 aliphatic rings. The number of aryl methyl sites for hydroxylation is 10. The van der Waals surface area contributed by atoms with Crippen LogP contribution in [-0.2, 0) is 0 Å². The number of hydrogen-bond acceptors (Lipinski definition) is 9. The van der Waals surface area contributed by atoms with Gasteiger partial charge in [-0.2, -0.15) is 5.10 Å². The fourth-order valence-electron chi connectivity index (χ4n) is 4.73. The predicted octanol–water partition coefficient (Wildman–Crippen LogP) is 11.2. The molecule has 0 fully saturated rings. The molecule has 8 aromatic rings. The third-order valence-corrected chi connectivity index (χ3v) is 8.81. The second-order valence-electron chi connectivity index (χ2n) is 13.3. The van der Waals surface area contributed by atoms with Gasteiger partial charge in [0.15, 0.2) is 5.82 Å². The molecular formula is C46H50N8S. The number of hydrogen-bond donors (Lipinski definition) is 0. The highest BCUT2D eigenvalue weighted by Crippen LogP contribution is 2.22. The summed E-state index contributed by atoms with van der Waals surface area (Å²) in [5.41, 5.74) is 13.0. The molecule has 55 heavy (non-hydrogen) atoms. The van der Waals surface area contributed by atoms with E-state index in [4.69, 9.17) is 0 Å². The van der Waals surface area contributed by atoms with E-state index in [1.54, 1.807) is 17.5 Å². The van der Waals surface area contributed by atoms with E-state index < -0.39 is 0 Å². The summed E-state index contributed by atoms with van der Waals surface area (Å²) in [6.07, 6.45) is 8.98. The molecule has 4 aromatic carbocycles. The zero-order valence-corrected chi connectivity index (χ0v) is 34.3. The van der Waals surface area contributed by atoms with Crippen molar-refractivity contribution in [2.24, 2.45) is 0 Å². The van der Waals surface area contributed by atoms with Gasteiger partial charge >= 0.3 is 0 Å². The fraction of sp³-hybridized carbons (Fsp3) is 0.217. The van der Waals surface area contributed by atoms with E-state index in [-0.39, 0.29) is 0 Å². The molecule has 4 heterocycles. The maximum Gasteiger partial charge on any atom is 0.159 e. The first-order valence-electron chi connectivity index (χ1n) is 18.1. The highest BCUT2D eigenvalue weighted by molar-refractivity contribution is 7.18. The number of rotatable bonds is 2. The summed E-state index contributed by atoms with van der Waals surface area (Å²) in [6, 6.07) is 31.8. The molecule has 0 atom stereocenters. The SMILES string of the molecule is Cc1ccc(-c2ccc(C)cc2)cc1.Cc1ccc(-c2ncc(C)cn2)cc1.Cc1ccc2nc(C)sc2c1.Cc1cnc(C)nc1.Cc1cnc(C)nn1. The first kappa shape index (κ1) is 41.7. The summed E-state index contributed by atoms with van der Waals surface area (Å²) >= 11 is 1.76. The van der Waals surface area contributed by atoms with E-state index >= 15 is 0 Å². The Bertz CT molecular complexity index is 2060. The molecule has 0 bridgehead atoms. The average molecular weight is 747 g/mol. The summed E-state index contributed by atoms with van der Waals surface area (Å²) in [5.74, 6) is 2.34. The maximum absolute atomic E-state index is 4.37. The van der Waals surface area contributed by atoms with Gasteiger partial charge in [-0.3, -0.25) is 0 Å². The van der Waals surface area contributed by atoms with Gasteiger partial charge in [0, 0.05) is 30.4 Å². The van der Waals surface area contributed by atoms with Crippen molar-refractivity contribution in [3.8, 4) is 22.5 Å². The maximum atomic E-state index is 4.37. The molecule has 0 saturated carbocycles. The summed E-state index contributed by atoms with van der Waals surface area (Å²) in [7, 11) is 0. The number of aromatic nitrogens is 8. The third kappa shape index (κ3) is 14.7. The normalized spacial score (nSPS) is 10.0. The van der Waals surface area contributed by atoms with Crippen LogP contribution >= 0.6 is 11.3 Å². The zero-order chi connectivity index (χ0) is 39.7. The van der Waals surface area contributed by atoms with Crippen molar-refractivity contribution in [2.75, 3.05) is 0 Å². The van der Waals surface area contributed by atoms with Crippen LogP contribution in [-0.4, -0.2) is 40.1 Å². The molecule has 0 unspecified atom stereocenters. The minimum Gasteiger partial charge on any atom is -0.242 e. The minimum absolute atomic E-state index is 0.718. The van der Waals surface area contributed by atoms with Gasteiger partial charge in [-0.25, -0.2) is 29.9 Å². The van der Waals surface area contributed by atoms with Gasteiger partial charge in [-0.15, -0.1) is 16.4 Å². The molecule has 0 amide bonds. The van der Waals surface area contributed by atoms with Gasteiger partial charge in [-0.1, -0.05) is 95.6 Å². The van der Waals surface area contributed by atoms with Crippen LogP contribution < -0.4 is 0 Å². The van der Waals surface area contributed by atoms with Crippen molar-refractivity contribution >= 4 is 21.6 Å². The van der Waals surface area contributed by atoms with E-state index in [0.717, 1.165) is 50.4 Å². The van der Waals surface area contributed by atoms with Gasteiger partial charge < -0.3 is 0 Å². The van der Waals surface area contributed by atoms with Crippen LogP contribution in [0.4, 0.5) is 0 Å². The Kier molecular flexibility index (Phi) is 15.9. The molecule has 0 N–H and O–H groups in total. The highest BCUT2D eigenvalue weighted by atomic mass is 32.1. The first-order chi connectivity index (χ1) is 26.3. The molecule has 0 aliphatic carbocycles. The lowest BCUT2D eigenvalue weighted by molar-refractivity contribution is 0.874. The Labute approximate surface area is 329 Å². The zero-order valence-electron chi connectivity index (χ0n) is 33.5. The van der Waals surface area contributed by atoms with E-state index in [2.05, 4.69) is 147 Å². The Morgan fingerprint density at radius 2 is 0.818 bits per heavy atom. The Morgan fingerprint density at radius 3 is 1.25 bits per heavy atom. The molecule has 0 spiro atoms. The fourth-order valence-corrected chi connectivity index (χ4v) is 5.66. The molecule has 0 saturated heterocycles. The lowest BCUT2D eigenvalue weighted by Gasteiger charge is -2.02. The minimum atomic E-state index is 0.718. The van der Waals surface area contributed by atoms with Crippen LogP contribution in [0.5, 0.6) is 0 Å². The molecule has 280 valence electrons. The Hall–Kier alpha value is -6.06. The Balaban J connectivity index is 0.000000156. The summed E-state index contributed by atoms with van der Waals surface area (Å²) < 4.78 is 1.29. The van der Waals surface area contributed by atoms with Gasteiger partial charge in [0.05, 0.1) is 27.1 Å². The topological polar surface area (TPSA) is 103 Å². The number of thiazole rings is 1. The van der Waals surface area contributed by atoms with Crippen LogP contribution in [0.15, 0.2) is 122 Å². The highest BCUT2D eigenvalue weighted by Gasteiger charge is 2.00. The van der Waals surface area contributed by atoms with Crippen molar-refractivity contribution in [1.29, 1.82) is 0 Å². The number of benzene rings is 4. The lowest BCUT2D eigenvalue weighted by Crippen LogP contribution is -1.91. The molecule has 0 radical (unpaired) electrons. The smallest absolute Gasteiger partial charge is 0.159 e. The second kappa shape index (κ2) is 21.0. The van der Waals surface area contributed by atoms with E-state index in [0.29, 0.717) is 0 Å². The second-order valence-corrected chi connectivity index (χ2v) is 14.6. The monoisotopic (exact) mass is 746 g/mol. The largest absolute Gasteiger partial charge is 0.242 e. The summed E-state index contributed by atoms with van der Waals surface area (Å²) in [5, 5.41) is 8.63. The van der Waals surface area contributed by atoms with Crippen molar-refractivity contribution in [3.05, 3.63) is 178 Å². The van der Waals surface area contributed by atoms with Crippen molar-refractivity contribution in [2.45, 2.75) is 69.2 Å². The van der Waals surface area contributed by atoms with Crippen molar-refractivity contribution in [3.63, 3.8) is 0 Å². The molecule has 4 aromatic heterocycles. The molecule has 9 heteroatoms. The molecule has 8 rings (SSSR count). The third-order valence-electron chi connectivity index (χ3n) is 7.88. The van der Waals surface area contributed by atoms with Gasteiger partial charge in [0.2, 0.25) is 0 Å². The van der Waals surface area contributed by atoms with Gasteiger partial charge in [0.25, 0.3) is 0 Å². The molecule has 0 aliphatic heterocycles. The van der Waals surface area contributed by atoms with E-state index in [9.17, 15) is 0 Å². The lowest BCUT2D eigenvalue weighted by atomic mass is 10.0. The molecule has 8 nitrogen and oxygen atoms in total. The first-order valence-corrected chi connectivity index (χ1v) is 18.9. The number of nitrogens with zero attached hydrogens (tertiary/aromatic N) is 8. The summed E-state index contributed by atoms with van der Waals surface area (Å²) in [4.78, 5) is 24.7. The van der Waals surface area contributed by atoms with E-state index in [1.807, 2.05) is 78.5 Å². The van der Waals surface area contributed by atoms with Crippen molar-refractivity contribution < 1.29 is 0 Å². The quantitative estimate of drug-likeness (QED) is 0.172. The van der Waals surface area contributed by atoms with Crippen LogP contribution in [0.1, 0.15) is 55.7 Å². The predicted molar refractivity (Wildman–Crippen MR) is 228 cm³/mol. The summed E-state index contributed by atoms with van der Waals surface area (Å²) in [6.45, 7) is 19.9. The van der Waals surface area contributed by atoms with Crippen LogP contribution in [0.25, 0.3) is 32.7 Å². The van der Waals surface area contributed by atoms with Gasteiger partial charge in [0.1, 0.15) is 11.6 Å².